The molecule has 1 spiro atoms. The first-order valence-corrected chi connectivity index (χ1v) is 10.1. The topological polar surface area (TPSA) is 87.2 Å². The third-order valence-corrected chi connectivity index (χ3v) is 6.21. The molecule has 9 heteroatoms. The second-order valence-electron chi connectivity index (χ2n) is 8.09. The van der Waals surface area contributed by atoms with Crippen LogP contribution in [0.1, 0.15) is 51.5 Å². The van der Waals surface area contributed by atoms with Gasteiger partial charge in [-0.3, -0.25) is 14.5 Å². The summed E-state index contributed by atoms with van der Waals surface area (Å²) in [4.78, 5) is 40.6. The summed E-state index contributed by atoms with van der Waals surface area (Å²) in [5.74, 6) is -2.90. The van der Waals surface area contributed by atoms with Crippen LogP contribution in [0, 0.1) is 11.6 Å². The molecule has 1 aromatic carbocycles. The Bertz CT molecular complexity index is 836. The number of piperazine rings is 1. The third-order valence-electron chi connectivity index (χ3n) is 6.21. The first kappa shape index (κ1) is 22.0. The number of carbonyl (C=O) groups is 3. The molecule has 1 atom stereocenters. The summed E-state index contributed by atoms with van der Waals surface area (Å²) >= 11 is 0. The highest BCUT2D eigenvalue weighted by molar-refractivity contribution is 5.94. The molecule has 0 aromatic heterocycles. The lowest BCUT2D eigenvalue weighted by molar-refractivity contribution is -0.172. The van der Waals surface area contributed by atoms with E-state index in [-0.39, 0.29) is 18.7 Å². The van der Waals surface area contributed by atoms with Crippen molar-refractivity contribution in [2.45, 2.75) is 57.0 Å². The second kappa shape index (κ2) is 8.20. The van der Waals surface area contributed by atoms with Gasteiger partial charge in [0.1, 0.15) is 23.7 Å². The molecular weight excluding hydrogens is 398 g/mol. The number of nitrogens with zero attached hydrogens (tertiary/aromatic N) is 2. The molecule has 2 aliphatic rings. The van der Waals surface area contributed by atoms with Crippen molar-refractivity contribution in [3.8, 4) is 0 Å². The van der Waals surface area contributed by atoms with Crippen molar-refractivity contribution in [3.05, 3.63) is 35.4 Å². The highest BCUT2D eigenvalue weighted by Crippen LogP contribution is 2.45. The molecule has 1 aliphatic carbocycles. The number of ether oxygens (including phenoxy) is 1. The van der Waals surface area contributed by atoms with Crippen LogP contribution in [0.4, 0.5) is 13.6 Å². The van der Waals surface area contributed by atoms with Gasteiger partial charge >= 0.3 is 12.1 Å². The summed E-state index contributed by atoms with van der Waals surface area (Å²) < 4.78 is 33.0. The average Bonchev–Trinajstić information content (AvgIpc) is 2.68. The van der Waals surface area contributed by atoms with Gasteiger partial charge < -0.3 is 14.7 Å². The SMILES string of the molecule is CCOC(=O)CN1C(=O)C2(CCCCC2)N(C(=O)O)C[C@@]1(C)c1cc(F)cc(F)c1. The highest BCUT2D eigenvalue weighted by Gasteiger charge is 2.59. The van der Waals surface area contributed by atoms with Crippen molar-refractivity contribution >= 4 is 18.0 Å². The number of halogens is 2. The monoisotopic (exact) mass is 424 g/mol. The summed E-state index contributed by atoms with van der Waals surface area (Å²) in [5, 5.41) is 9.93. The Balaban J connectivity index is 2.14. The summed E-state index contributed by atoms with van der Waals surface area (Å²) in [5.41, 5.74) is -2.66. The summed E-state index contributed by atoms with van der Waals surface area (Å²) in [7, 11) is 0. The number of esters is 1. The van der Waals surface area contributed by atoms with Gasteiger partial charge in [0.2, 0.25) is 5.91 Å². The zero-order valence-corrected chi connectivity index (χ0v) is 17.1. The maximum atomic E-state index is 14.0. The van der Waals surface area contributed by atoms with E-state index < -0.39 is 47.2 Å². The molecule has 30 heavy (non-hydrogen) atoms. The van der Waals surface area contributed by atoms with Gasteiger partial charge in [-0.15, -0.1) is 0 Å². The molecular formula is C21H26F2N2O5. The van der Waals surface area contributed by atoms with Crippen LogP contribution >= 0.6 is 0 Å². The van der Waals surface area contributed by atoms with Gasteiger partial charge in [-0.25, -0.2) is 13.6 Å². The van der Waals surface area contributed by atoms with Gasteiger partial charge in [-0.1, -0.05) is 19.3 Å². The van der Waals surface area contributed by atoms with E-state index >= 15 is 0 Å². The van der Waals surface area contributed by atoms with Crippen LogP contribution in [0.5, 0.6) is 0 Å². The van der Waals surface area contributed by atoms with Crippen molar-refractivity contribution in [3.63, 3.8) is 0 Å². The minimum atomic E-state index is -1.45. The molecule has 1 heterocycles. The molecule has 1 N–H and O–H groups in total. The fraction of sp³-hybridized carbons (Fsp3) is 0.571. The van der Waals surface area contributed by atoms with Crippen LogP contribution in [-0.4, -0.2) is 58.1 Å². The predicted octanol–water partition coefficient (Wildman–Crippen LogP) is 3.27. The van der Waals surface area contributed by atoms with Crippen LogP contribution in [-0.2, 0) is 19.9 Å². The molecule has 1 saturated carbocycles. The molecule has 7 nitrogen and oxygen atoms in total. The van der Waals surface area contributed by atoms with Gasteiger partial charge in [-0.2, -0.15) is 0 Å². The van der Waals surface area contributed by atoms with Crippen LogP contribution < -0.4 is 0 Å². The largest absolute Gasteiger partial charge is 0.465 e. The van der Waals surface area contributed by atoms with E-state index in [1.54, 1.807) is 6.92 Å². The van der Waals surface area contributed by atoms with Crippen LogP contribution in [0.25, 0.3) is 0 Å². The van der Waals surface area contributed by atoms with Crippen molar-refractivity contribution in [1.29, 1.82) is 0 Å². The third kappa shape index (κ3) is 3.73. The lowest BCUT2D eigenvalue weighted by Gasteiger charge is -2.57. The Labute approximate surface area is 173 Å². The number of hydrogen-bond acceptors (Lipinski definition) is 4. The van der Waals surface area contributed by atoms with Gasteiger partial charge in [-0.05, 0) is 44.4 Å². The maximum absolute atomic E-state index is 14.0. The average molecular weight is 424 g/mol. The molecule has 164 valence electrons. The Kier molecular flexibility index (Phi) is 6.01. The molecule has 1 aromatic rings. The fourth-order valence-electron chi connectivity index (χ4n) is 4.70. The normalized spacial score (nSPS) is 23.5. The first-order chi connectivity index (χ1) is 14.1. The zero-order chi connectivity index (χ0) is 22.1. The standard InChI is InChI=1S/C21H26F2N2O5/c1-3-30-17(26)12-24-18(27)21(7-5-4-6-8-21)25(19(28)29)13-20(24,2)14-9-15(22)11-16(23)10-14/h9-11H,3-8,12-13H2,1-2H3,(H,28,29)/t20-/m0/s1. The minimum Gasteiger partial charge on any atom is -0.465 e. The predicted molar refractivity (Wildman–Crippen MR) is 103 cm³/mol. The highest BCUT2D eigenvalue weighted by atomic mass is 19.1. The van der Waals surface area contributed by atoms with E-state index in [0.29, 0.717) is 31.7 Å². The van der Waals surface area contributed by atoms with E-state index in [1.165, 1.54) is 11.8 Å². The van der Waals surface area contributed by atoms with E-state index in [2.05, 4.69) is 0 Å². The van der Waals surface area contributed by atoms with Crippen LogP contribution in [0.15, 0.2) is 18.2 Å². The smallest absolute Gasteiger partial charge is 0.408 e. The molecule has 0 radical (unpaired) electrons. The van der Waals surface area contributed by atoms with Crippen molar-refractivity contribution in [1.82, 2.24) is 9.80 Å². The van der Waals surface area contributed by atoms with Crippen molar-refractivity contribution in [2.75, 3.05) is 19.7 Å². The number of amides is 2. The number of hydrogen-bond donors (Lipinski definition) is 1. The van der Waals surface area contributed by atoms with E-state index in [0.717, 1.165) is 23.5 Å². The lowest BCUT2D eigenvalue weighted by Crippen LogP contribution is -2.73. The Hall–Kier alpha value is -2.71. The lowest BCUT2D eigenvalue weighted by atomic mass is 9.73. The quantitative estimate of drug-likeness (QED) is 0.750. The van der Waals surface area contributed by atoms with Crippen LogP contribution in [0.2, 0.25) is 0 Å². The van der Waals surface area contributed by atoms with Crippen LogP contribution in [0.3, 0.4) is 0 Å². The van der Waals surface area contributed by atoms with E-state index in [9.17, 15) is 28.3 Å². The molecule has 2 fully saturated rings. The first-order valence-electron chi connectivity index (χ1n) is 10.1. The molecule has 0 bridgehead atoms. The maximum Gasteiger partial charge on any atom is 0.408 e. The van der Waals surface area contributed by atoms with Gasteiger partial charge in [0.05, 0.1) is 18.7 Å². The summed E-state index contributed by atoms with van der Waals surface area (Å²) in [6.45, 7) is 2.61. The van der Waals surface area contributed by atoms with Gasteiger partial charge in [0.25, 0.3) is 0 Å². The molecule has 1 aliphatic heterocycles. The minimum absolute atomic E-state index is 0.0783. The number of rotatable bonds is 4. The molecule has 0 unspecified atom stereocenters. The number of carbonyl (C=O) groups excluding carboxylic acids is 2. The Morgan fingerprint density at radius 3 is 2.27 bits per heavy atom. The van der Waals surface area contributed by atoms with E-state index in [1.807, 2.05) is 0 Å². The summed E-state index contributed by atoms with van der Waals surface area (Å²) in [6.07, 6.45) is 1.63. The molecule has 2 amide bonds. The fourth-order valence-corrected chi connectivity index (χ4v) is 4.70. The number of carboxylic acid groups (broad SMARTS) is 1. The van der Waals surface area contributed by atoms with E-state index in [4.69, 9.17) is 4.74 Å². The Morgan fingerprint density at radius 1 is 1.13 bits per heavy atom. The van der Waals surface area contributed by atoms with Crippen molar-refractivity contribution in [2.24, 2.45) is 0 Å². The molecule has 1 saturated heterocycles. The Morgan fingerprint density at radius 2 is 1.73 bits per heavy atom. The summed E-state index contributed by atoms with van der Waals surface area (Å²) in [6, 6.07) is 2.83. The molecule has 3 rings (SSSR count). The number of benzene rings is 1. The van der Waals surface area contributed by atoms with Gasteiger partial charge in [0, 0.05) is 6.07 Å². The second-order valence-corrected chi connectivity index (χ2v) is 8.09. The zero-order valence-electron chi connectivity index (χ0n) is 17.1. The van der Waals surface area contributed by atoms with Gasteiger partial charge in [0.15, 0.2) is 0 Å². The van der Waals surface area contributed by atoms with Crippen molar-refractivity contribution < 1.29 is 33.0 Å².